The highest BCUT2D eigenvalue weighted by Gasteiger charge is 2.36. The number of nitrogens with zero attached hydrogens (tertiary/aromatic N) is 1. The largest absolute Gasteiger partial charge is 0.454 e. The minimum absolute atomic E-state index is 0.221. The first-order chi connectivity index (χ1) is 14.4. The minimum atomic E-state index is -0.842. The Morgan fingerprint density at radius 2 is 1.67 bits per heavy atom. The number of nitrogens with one attached hydrogen (secondary N) is 1. The molecule has 0 saturated carbocycles. The van der Waals surface area contributed by atoms with Crippen LogP contribution >= 0.6 is 0 Å². The molecule has 0 spiro atoms. The van der Waals surface area contributed by atoms with Crippen LogP contribution in [0.15, 0.2) is 54.6 Å². The number of esters is 1. The van der Waals surface area contributed by atoms with Crippen LogP contribution in [0.1, 0.15) is 22.8 Å². The van der Waals surface area contributed by atoms with Crippen molar-refractivity contribution in [1.82, 2.24) is 5.32 Å². The van der Waals surface area contributed by atoms with Crippen molar-refractivity contribution < 1.29 is 28.7 Å². The molecule has 0 bridgehead atoms. The van der Waals surface area contributed by atoms with Gasteiger partial charge in [0.1, 0.15) is 6.54 Å². The van der Waals surface area contributed by atoms with Gasteiger partial charge in [0, 0.05) is 0 Å². The van der Waals surface area contributed by atoms with Gasteiger partial charge < -0.3 is 10.1 Å². The zero-order valence-electron chi connectivity index (χ0n) is 16.3. The van der Waals surface area contributed by atoms with E-state index < -0.39 is 42.8 Å². The highest BCUT2D eigenvalue weighted by Crippen LogP contribution is 2.28. The Morgan fingerprint density at radius 1 is 1.00 bits per heavy atom. The van der Waals surface area contributed by atoms with Gasteiger partial charge in [0.15, 0.2) is 12.4 Å². The predicted octanol–water partition coefficient (Wildman–Crippen LogP) is 1.08. The summed E-state index contributed by atoms with van der Waals surface area (Å²) in [6, 6.07) is 14.8. The number of carbonyl (C=O) groups excluding carboxylic acids is 5. The molecule has 8 heteroatoms. The third-order valence-electron chi connectivity index (χ3n) is 4.64. The van der Waals surface area contributed by atoms with E-state index in [0.29, 0.717) is 12.1 Å². The number of rotatable bonds is 8. The van der Waals surface area contributed by atoms with Crippen molar-refractivity contribution in [2.45, 2.75) is 19.4 Å². The number of carbonyl (C=O) groups is 5. The van der Waals surface area contributed by atoms with Crippen molar-refractivity contribution in [3.8, 4) is 0 Å². The number of benzene rings is 2. The summed E-state index contributed by atoms with van der Waals surface area (Å²) in [7, 11) is 0. The molecule has 1 aliphatic rings. The van der Waals surface area contributed by atoms with Gasteiger partial charge in [-0.25, -0.2) is 0 Å². The van der Waals surface area contributed by atoms with Crippen LogP contribution in [0.4, 0.5) is 5.69 Å². The van der Waals surface area contributed by atoms with Gasteiger partial charge in [-0.05, 0) is 31.0 Å². The van der Waals surface area contributed by atoms with E-state index in [-0.39, 0.29) is 11.3 Å². The van der Waals surface area contributed by atoms with Gasteiger partial charge in [0.05, 0.1) is 17.3 Å². The second-order valence-electron chi connectivity index (χ2n) is 6.82. The molecule has 1 aliphatic heterocycles. The number of hydrogen-bond donors (Lipinski definition) is 1. The summed E-state index contributed by atoms with van der Waals surface area (Å²) in [6.07, 6.45) is 0.317. The molecule has 0 aromatic heterocycles. The van der Waals surface area contributed by atoms with Crippen LogP contribution in [0.3, 0.4) is 0 Å². The minimum Gasteiger partial charge on any atom is -0.454 e. The lowest BCUT2D eigenvalue weighted by molar-refractivity contribution is -0.147. The average molecular weight is 408 g/mol. The van der Waals surface area contributed by atoms with Crippen molar-refractivity contribution in [3.63, 3.8) is 0 Å². The molecule has 2 aromatic rings. The molecule has 1 N–H and O–H groups in total. The predicted molar refractivity (Wildman–Crippen MR) is 107 cm³/mol. The first-order valence-electron chi connectivity index (χ1n) is 9.31. The first kappa shape index (κ1) is 20.9. The highest BCUT2D eigenvalue weighted by atomic mass is 16.5. The summed E-state index contributed by atoms with van der Waals surface area (Å²) in [4.78, 5) is 61.1. The SMILES string of the molecule is CC(=O)[C@@H](Cc1ccccc1)NC(=O)COC(=O)CN1C(=O)C(=O)c2ccccc21. The van der Waals surface area contributed by atoms with Crippen molar-refractivity contribution >= 4 is 35.0 Å². The molecule has 0 saturated heterocycles. The lowest BCUT2D eigenvalue weighted by Crippen LogP contribution is -2.43. The fraction of sp³-hybridized carbons (Fsp3) is 0.227. The smallest absolute Gasteiger partial charge is 0.326 e. The maximum Gasteiger partial charge on any atom is 0.326 e. The van der Waals surface area contributed by atoms with Crippen LogP contribution in [-0.2, 0) is 30.3 Å². The Hall–Kier alpha value is -3.81. The number of ether oxygens (including phenoxy) is 1. The van der Waals surface area contributed by atoms with E-state index in [0.717, 1.165) is 10.5 Å². The van der Waals surface area contributed by atoms with Crippen LogP contribution in [0.5, 0.6) is 0 Å². The molecule has 0 aliphatic carbocycles. The summed E-state index contributed by atoms with van der Waals surface area (Å²) in [5.41, 5.74) is 1.43. The van der Waals surface area contributed by atoms with Gasteiger partial charge in [-0.2, -0.15) is 0 Å². The zero-order valence-corrected chi connectivity index (χ0v) is 16.3. The van der Waals surface area contributed by atoms with Crippen molar-refractivity contribution in [3.05, 3.63) is 65.7 Å². The Morgan fingerprint density at radius 3 is 2.37 bits per heavy atom. The number of ketones is 2. The second kappa shape index (κ2) is 9.13. The van der Waals surface area contributed by atoms with Gasteiger partial charge >= 0.3 is 5.97 Å². The van der Waals surface area contributed by atoms with E-state index in [4.69, 9.17) is 4.74 Å². The molecule has 0 fully saturated rings. The molecule has 2 aromatic carbocycles. The van der Waals surface area contributed by atoms with Crippen LogP contribution in [0.25, 0.3) is 0 Å². The summed E-state index contributed by atoms with van der Waals surface area (Å²) >= 11 is 0. The molecule has 3 rings (SSSR count). The topological polar surface area (TPSA) is 110 Å². The van der Waals surface area contributed by atoms with Gasteiger partial charge in [-0.1, -0.05) is 42.5 Å². The van der Waals surface area contributed by atoms with Crippen LogP contribution in [-0.4, -0.2) is 48.5 Å². The second-order valence-corrected chi connectivity index (χ2v) is 6.82. The van der Waals surface area contributed by atoms with Gasteiger partial charge in [-0.15, -0.1) is 0 Å². The first-order valence-corrected chi connectivity index (χ1v) is 9.31. The van der Waals surface area contributed by atoms with E-state index in [1.807, 2.05) is 30.3 Å². The van der Waals surface area contributed by atoms with Gasteiger partial charge in [-0.3, -0.25) is 28.9 Å². The van der Waals surface area contributed by atoms with Crippen molar-refractivity contribution in [2.24, 2.45) is 0 Å². The number of amides is 2. The Kier molecular flexibility index (Phi) is 6.36. The average Bonchev–Trinajstić information content (AvgIpc) is 2.97. The summed E-state index contributed by atoms with van der Waals surface area (Å²) in [5.74, 6) is -3.22. The number of hydrogen-bond acceptors (Lipinski definition) is 6. The highest BCUT2D eigenvalue weighted by molar-refractivity contribution is 6.52. The van der Waals surface area contributed by atoms with Crippen molar-refractivity contribution in [1.29, 1.82) is 0 Å². The summed E-state index contributed by atoms with van der Waals surface area (Å²) in [5, 5.41) is 2.55. The molecule has 154 valence electrons. The molecule has 30 heavy (non-hydrogen) atoms. The van der Waals surface area contributed by atoms with E-state index >= 15 is 0 Å². The van der Waals surface area contributed by atoms with Gasteiger partial charge in [0.25, 0.3) is 17.6 Å². The van der Waals surface area contributed by atoms with E-state index in [1.165, 1.54) is 13.0 Å². The monoisotopic (exact) mass is 408 g/mol. The molecule has 1 heterocycles. The number of fused-ring (bicyclic) bond motifs is 1. The normalized spacial score (nSPS) is 13.6. The third kappa shape index (κ3) is 4.78. The van der Waals surface area contributed by atoms with Crippen LogP contribution < -0.4 is 10.2 Å². The number of para-hydroxylation sites is 1. The standard InChI is InChI=1S/C22H20N2O6/c1-14(25)17(11-15-7-3-2-4-8-15)23-19(26)13-30-20(27)12-24-18-10-6-5-9-16(18)21(28)22(24)29/h2-10,17H,11-13H2,1H3,(H,23,26)/t17-/m1/s1. The molecule has 0 radical (unpaired) electrons. The summed E-state index contributed by atoms with van der Waals surface area (Å²) < 4.78 is 4.93. The van der Waals surface area contributed by atoms with E-state index in [2.05, 4.69) is 5.32 Å². The van der Waals surface area contributed by atoms with Gasteiger partial charge in [0.2, 0.25) is 0 Å². The Labute approximate surface area is 172 Å². The lowest BCUT2D eigenvalue weighted by Gasteiger charge is -2.17. The van der Waals surface area contributed by atoms with E-state index in [1.54, 1.807) is 18.2 Å². The molecule has 0 unspecified atom stereocenters. The fourth-order valence-corrected chi connectivity index (χ4v) is 3.11. The molecular formula is C22H20N2O6. The fourth-order valence-electron chi connectivity index (χ4n) is 3.11. The third-order valence-corrected chi connectivity index (χ3v) is 4.64. The van der Waals surface area contributed by atoms with Crippen LogP contribution in [0, 0.1) is 0 Å². The zero-order chi connectivity index (χ0) is 21.7. The number of Topliss-reactive ketones (excluding diaryl/α,β-unsaturated/α-hetero) is 2. The van der Waals surface area contributed by atoms with E-state index in [9.17, 15) is 24.0 Å². The maximum absolute atomic E-state index is 12.1. The quantitative estimate of drug-likeness (QED) is 0.517. The number of anilines is 1. The van der Waals surface area contributed by atoms with Crippen molar-refractivity contribution in [2.75, 3.05) is 18.1 Å². The van der Waals surface area contributed by atoms with Crippen LogP contribution in [0.2, 0.25) is 0 Å². The Bertz CT molecular complexity index is 1000. The molecule has 8 nitrogen and oxygen atoms in total. The molecule has 1 atom stereocenters. The molecular weight excluding hydrogens is 388 g/mol. The maximum atomic E-state index is 12.1. The summed E-state index contributed by atoms with van der Waals surface area (Å²) in [6.45, 7) is 0.275. The lowest BCUT2D eigenvalue weighted by atomic mass is 10.0. The molecule has 2 amide bonds. The Balaban J connectivity index is 1.53.